The van der Waals surface area contributed by atoms with E-state index in [2.05, 4.69) is 19.2 Å². The smallest absolute Gasteiger partial charge is 0.251 e. The van der Waals surface area contributed by atoms with E-state index in [1.54, 1.807) is 7.11 Å². The van der Waals surface area contributed by atoms with Gasteiger partial charge in [-0.2, -0.15) is 0 Å². The summed E-state index contributed by atoms with van der Waals surface area (Å²) in [6.45, 7) is 7.60. The van der Waals surface area contributed by atoms with Gasteiger partial charge in [-0.3, -0.25) is 4.79 Å². The molecule has 0 aliphatic rings. The number of rotatable bonds is 6. The molecule has 4 heteroatoms. The van der Waals surface area contributed by atoms with Crippen LogP contribution in [0.25, 0.3) is 0 Å². The maximum Gasteiger partial charge on any atom is 0.251 e. The summed E-state index contributed by atoms with van der Waals surface area (Å²) in [7, 11) is 1.65. The molecule has 0 saturated heterocycles. The van der Waals surface area contributed by atoms with Crippen LogP contribution in [-0.4, -0.2) is 30.3 Å². The predicted molar refractivity (Wildman–Crippen MR) is 79.8 cm³/mol. The average Bonchev–Trinajstić information content (AvgIpc) is 2.35. The maximum absolute atomic E-state index is 11.7. The molecule has 0 heterocycles. The highest BCUT2D eigenvalue weighted by Gasteiger charge is 2.27. The molecule has 0 atom stereocenters. The normalized spacial score (nSPS) is 12.1. The number of nitrogens with one attached hydrogen (secondary N) is 1. The summed E-state index contributed by atoms with van der Waals surface area (Å²) in [5.74, 6) is 0.500. The lowest BCUT2D eigenvalue weighted by Crippen LogP contribution is -2.45. The molecule has 0 aliphatic heterocycles. The first-order chi connectivity index (χ1) is 9.15. The first-order valence-electron chi connectivity index (χ1n) is 6.78. The summed E-state index contributed by atoms with van der Waals surface area (Å²) >= 11 is 0. The summed E-state index contributed by atoms with van der Waals surface area (Å²) < 4.78 is 5.34. The number of carbonyl (C=O) groups excluding carboxylic acids is 1. The first kappa shape index (κ1) is 16.5. The van der Waals surface area contributed by atoms with E-state index in [0.29, 0.717) is 6.54 Å². The fourth-order valence-corrected chi connectivity index (χ4v) is 1.96. The van der Waals surface area contributed by atoms with Gasteiger partial charge in [0.05, 0.1) is 7.11 Å². The van der Waals surface area contributed by atoms with Gasteiger partial charge in [-0.15, -0.1) is 0 Å². The van der Waals surface area contributed by atoms with E-state index >= 15 is 0 Å². The molecule has 1 amide bonds. The third kappa shape index (κ3) is 4.85. The van der Waals surface area contributed by atoms with Crippen molar-refractivity contribution in [1.82, 2.24) is 5.32 Å². The van der Waals surface area contributed by atoms with Gasteiger partial charge in [0.1, 0.15) is 11.4 Å². The average molecular weight is 279 g/mol. The highest BCUT2D eigenvalue weighted by atomic mass is 16.5. The van der Waals surface area contributed by atoms with Crippen molar-refractivity contribution >= 4 is 5.91 Å². The van der Waals surface area contributed by atoms with Crippen LogP contribution in [0.1, 0.15) is 33.3 Å². The molecule has 1 rings (SSSR count). The third-order valence-corrected chi connectivity index (χ3v) is 3.14. The molecule has 0 aromatic heterocycles. The van der Waals surface area contributed by atoms with Gasteiger partial charge in [-0.25, -0.2) is 0 Å². The van der Waals surface area contributed by atoms with Crippen molar-refractivity contribution in [3.05, 3.63) is 29.8 Å². The van der Waals surface area contributed by atoms with Gasteiger partial charge in [0, 0.05) is 6.54 Å². The largest absolute Gasteiger partial charge is 0.496 e. The number of methoxy groups -OCH3 is 1. The lowest BCUT2D eigenvalue weighted by Gasteiger charge is -2.27. The lowest BCUT2D eigenvalue weighted by atomic mass is 9.85. The molecule has 0 spiro atoms. The van der Waals surface area contributed by atoms with E-state index < -0.39 is 5.60 Å². The number of hydrogen-bond acceptors (Lipinski definition) is 3. The Kier molecular flexibility index (Phi) is 5.17. The molecule has 4 nitrogen and oxygen atoms in total. The SMILES string of the molecule is COc1ccccc1CC(C)(C)CNC(=O)C(C)(C)O. The third-order valence-electron chi connectivity index (χ3n) is 3.14. The van der Waals surface area contributed by atoms with Gasteiger partial charge < -0.3 is 15.2 Å². The molecule has 0 unspecified atom stereocenters. The number of benzene rings is 1. The minimum atomic E-state index is -1.35. The van der Waals surface area contributed by atoms with Gasteiger partial charge in [0.2, 0.25) is 0 Å². The molecule has 0 aliphatic carbocycles. The highest BCUT2D eigenvalue weighted by Crippen LogP contribution is 2.27. The Balaban J connectivity index is 2.68. The second-order valence-electron chi connectivity index (χ2n) is 6.39. The summed E-state index contributed by atoms with van der Waals surface area (Å²) in [6, 6.07) is 7.87. The van der Waals surface area contributed by atoms with E-state index in [9.17, 15) is 9.90 Å². The Morgan fingerprint density at radius 3 is 2.40 bits per heavy atom. The Hall–Kier alpha value is -1.55. The topological polar surface area (TPSA) is 58.6 Å². The van der Waals surface area contributed by atoms with Gasteiger partial charge in [-0.1, -0.05) is 32.0 Å². The van der Waals surface area contributed by atoms with Crippen LogP contribution in [-0.2, 0) is 11.2 Å². The van der Waals surface area contributed by atoms with Crippen molar-refractivity contribution in [2.45, 2.75) is 39.7 Å². The number of carbonyl (C=O) groups is 1. The van der Waals surface area contributed by atoms with Crippen LogP contribution >= 0.6 is 0 Å². The van der Waals surface area contributed by atoms with Gasteiger partial charge in [-0.05, 0) is 37.3 Å². The van der Waals surface area contributed by atoms with E-state index in [4.69, 9.17) is 4.74 Å². The molecular weight excluding hydrogens is 254 g/mol. The Bertz CT molecular complexity index is 461. The second-order valence-corrected chi connectivity index (χ2v) is 6.39. The van der Waals surface area contributed by atoms with Crippen molar-refractivity contribution in [3.8, 4) is 5.75 Å². The molecule has 112 valence electrons. The maximum atomic E-state index is 11.7. The summed E-state index contributed by atoms with van der Waals surface area (Å²) in [5, 5.41) is 12.4. The first-order valence-corrected chi connectivity index (χ1v) is 6.78. The zero-order valence-corrected chi connectivity index (χ0v) is 13.0. The standard InChI is InChI=1S/C16H25NO3/c1-15(2,11-17-14(18)16(3,4)19)10-12-8-6-7-9-13(12)20-5/h6-9,19H,10-11H2,1-5H3,(H,17,18). The molecule has 0 fully saturated rings. The molecule has 20 heavy (non-hydrogen) atoms. The van der Waals surface area contributed by atoms with Gasteiger partial charge in [0.25, 0.3) is 5.91 Å². The van der Waals surface area contributed by atoms with Crippen LogP contribution in [0.2, 0.25) is 0 Å². The zero-order chi connectivity index (χ0) is 15.4. The lowest BCUT2D eigenvalue weighted by molar-refractivity contribution is -0.136. The minimum absolute atomic E-state index is 0.129. The number of ether oxygens (including phenoxy) is 1. The van der Waals surface area contributed by atoms with E-state index in [1.165, 1.54) is 13.8 Å². The number of aliphatic hydroxyl groups is 1. The Morgan fingerprint density at radius 2 is 1.85 bits per heavy atom. The molecule has 2 N–H and O–H groups in total. The van der Waals surface area contributed by atoms with Crippen molar-refractivity contribution in [1.29, 1.82) is 0 Å². The van der Waals surface area contributed by atoms with Crippen molar-refractivity contribution in [2.24, 2.45) is 5.41 Å². The van der Waals surface area contributed by atoms with Crippen LogP contribution in [0.15, 0.2) is 24.3 Å². The molecular formula is C16H25NO3. The molecule has 1 aromatic carbocycles. The number of para-hydroxylation sites is 1. The molecule has 1 aromatic rings. The summed E-state index contributed by atoms with van der Waals surface area (Å²) in [6.07, 6.45) is 0.781. The zero-order valence-electron chi connectivity index (χ0n) is 13.0. The second kappa shape index (κ2) is 6.27. The van der Waals surface area contributed by atoms with Crippen molar-refractivity contribution < 1.29 is 14.6 Å². The molecule has 0 saturated carbocycles. The minimum Gasteiger partial charge on any atom is -0.496 e. The monoisotopic (exact) mass is 279 g/mol. The van der Waals surface area contributed by atoms with Gasteiger partial charge >= 0.3 is 0 Å². The molecule has 0 radical (unpaired) electrons. The Morgan fingerprint density at radius 1 is 1.25 bits per heavy atom. The van der Waals surface area contributed by atoms with Gasteiger partial charge in [0.15, 0.2) is 0 Å². The van der Waals surface area contributed by atoms with E-state index in [0.717, 1.165) is 17.7 Å². The fraction of sp³-hybridized carbons (Fsp3) is 0.562. The Labute approximate surface area is 121 Å². The van der Waals surface area contributed by atoms with Crippen LogP contribution in [0.5, 0.6) is 5.75 Å². The van der Waals surface area contributed by atoms with Crippen molar-refractivity contribution in [2.75, 3.05) is 13.7 Å². The number of hydrogen-bond donors (Lipinski definition) is 2. The van der Waals surface area contributed by atoms with E-state index in [1.807, 2.05) is 24.3 Å². The van der Waals surface area contributed by atoms with Crippen LogP contribution in [0, 0.1) is 5.41 Å². The summed E-state index contributed by atoms with van der Waals surface area (Å²) in [4.78, 5) is 11.7. The van der Waals surface area contributed by atoms with Crippen LogP contribution < -0.4 is 10.1 Å². The van der Waals surface area contributed by atoms with E-state index in [-0.39, 0.29) is 11.3 Å². The summed E-state index contributed by atoms with van der Waals surface area (Å²) in [5.41, 5.74) is -0.367. The van der Waals surface area contributed by atoms with Crippen LogP contribution in [0.3, 0.4) is 0 Å². The fourth-order valence-electron chi connectivity index (χ4n) is 1.96. The predicted octanol–water partition coefficient (Wildman–Crippen LogP) is 2.15. The van der Waals surface area contributed by atoms with Crippen molar-refractivity contribution in [3.63, 3.8) is 0 Å². The number of amides is 1. The molecule has 0 bridgehead atoms. The quantitative estimate of drug-likeness (QED) is 0.839. The van der Waals surface area contributed by atoms with Crippen LogP contribution in [0.4, 0.5) is 0 Å². The highest BCUT2D eigenvalue weighted by molar-refractivity contribution is 5.83.